The molecule has 0 rings (SSSR count). The molecule has 0 saturated carbocycles. The average molecular weight is 733 g/mol. The van der Waals surface area contributed by atoms with E-state index >= 15 is 0 Å². The molecule has 0 radical (unpaired) electrons. The Kier molecular flexibility index (Phi) is 35.7. The Bertz CT molecular complexity index is 979. The number of hydrogen-bond donors (Lipinski definition) is 4. The van der Waals surface area contributed by atoms with Crippen LogP contribution in [0, 0.1) is 0 Å². The van der Waals surface area contributed by atoms with Crippen LogP contribution in [-0.2, 0) is 23.9 Å². The Labute approximate surface area is 316 Å². The molecule has 52 heavy (non-hydrogen) atoms. The average Bonchev–Trinajstić information content (AvgIpc) is 3.13. The Balaban J connectivity index is 3.96. The molecule has 0 aliphatic heterocycles. The molecule has 0 heterocycles. The molecular formula is C43H76N2O7. The minimum absolute atomic E-state index is 0.123. The Hall–Kier alpha value is -2.94. The van der Waals surface area contributed by atoms with Gasteiger partial charge in [0, 0.05) is 12.8 Å². The van der Waals surface area contributed by atoms with Crippen LogP contribution in [0.5, 0.6) is 0 Å². The number of aliphatic hydroxyl groups excluding tert-OH is 1. The van der Waals surface area contributed by atoms with Gasteiger partial charge in [-0.05, 0) is 70.3 Å². The number of aliphatic hydroxyl groups is 1. The normalized spacial score (nSPS) is 12.8. The number of nitrogens with one attached hydrogen (secondary N) is 2. The van der Waals surface area contributed by atoms with E-state index in [-0.39, 0.29) is 30.9 Å². The molecule has 0 bridgehead atoms. The number of esters is 1. The summed E-state index contributed by atoms with van der Waals surface area (Å²) in [5.74, 6) is -2.41. The largest absolute Gasteiger partial charge is 0.480 e. The third-order valence-corrected chi connectivity index (χ3v) is 9.09. The number of amides is 2. The first-order valence-electron chi connectivity index (χ1n) is 20.9. The van der Waals surface area contributed by atoms with Crippen molar-refractivity contribution in [2.45, 2.75) is 199 Å². The summed E-state index contributed by atoms with van der Waals surface area (Å²) in [6.45, 7) is 3.36. The summed E-state index contributed by atoms with van der Waals surface area (Å²) in [4.78, 5) is 47.2. The molecule has 0 aliphatic carbocycles. The second kappa shape index (κ2) is 37.8. The standard InChI is InChI=1S/C43H76N2O7/c1-3-5-7-9-10-11-12-13-14-15-16-17-18-19-20-21-22-23-24-25-31-35-42(49)52-38(32-28-8-6-4-2)33-29-26-27-30-34-40(47)44-36-41(48)45-39(37-46)43(50)51/h12-13,15-16,28,32,38-39,46H,3-11,14,17-27,29-31,33-37H2,1-2H3,(H,44,47)(H,45,48)(H,50,51)/b13-12-,16-15-,32-28-. The quantitative estimate of drug-likeness (QED) is 0.0283. The number of unbranched alkanes of at least 4 members (excludes halogenated alkanes) is 19. The number of allylic oxidation sites excluding steroid dienone is 5. The smallest absolute Gasteiger partial charge is 0.328 e. The predicted molar refractivity (Wildman–Crippen MR) is 213 cm³/mol. The highest BCUT2D eigenvalue weighted by molar-refractivity contribution is 5.87. The monoisotopic (exact) mass is 733 g/mol. The van der Waals surface area contributed by atoms with Gasteiger partial charge >= 0.3 is 11.9 Å². The van der Waals surface area contributed by atoms with E-state index in [1.807, 2.05) is 6.08 Å². The van der Waals surface area contributed by atoms with Crippen molar-refractivity contribution in [2.24, 2.45) is 0 Å². The fraction of sp³-hybridized carbons (Fsp3) is 0.767. The number of carbonyl (C=O) groups is 4. The van der Waals surface area contributed by atoms with Crippen molar-refractivity contribution in [1.29, 1.82) is 0 Å². The third-order valence-electron chi connectivity index (χ3n) is 9.09. The lowest BCUT2D eigenvalue weighted by atomic mass is 10.1. The Morgan fingerprint density at radius 3 is 1.69 bits per heavy atom. The molecule has 0 spiro atoms. The fourth-order valence-electron chi connectivity index (χ4n) is 5.82. The number of carboxylic acids is 1. The van der Waals surface area contributed by atoms with Crippen molar-refractivity contribution < 1.29 is 34.1 Å². The minimum atomic E-state index is -1.39. The van der Waals surface area contributed by atoms with Gasteiger partial charge in [0.1, 0.15) is 12.1 Å². The van der Waals surface area contributed by atoms with Crippen LogP contribution in [0.3, 0.4) is 0 Å². The van der Waals surface area contributed by atoms with Crippen LogP contribution in [0.15, 0.2) is 36.5 Å². The molecule has 0 aromatic rings. The van der Waals surface area contributed by atoms with Crippen LogP contribution < -0.4 is 10.6 Å². The third kappa shape index (κ3) is 34.2. The summed E-state index contributed by atoms with van der Waals surface area (Å²) in [5, 5.41) is 22.5. The molecular weight excluding hydrogens is 656 g/mol. The maximum absolute atomic E-state index is 12.6. The SMILES string of the molecule is CCCC/C=C\C(CCCCCCC(=O)NCC(=O)NC(CO)C(=O)O)OC(=O)CCCCCCCCCCC/C=C\C/C=C\CCCCCCC. The lowest BCUT2D eigenvalue weighted by Gasteiger charge is -2.15. The molecule has 0 aromatic heterocycles. The van der Waals surface area contributed by atoms with E-state index in [9.17, 15) is 19.2 Å². The molecule has 300 valence electrons. The van der Waals surface area contributed by atoms with Crippen molar-refractivity contribution in [3.8, 4) is 0 Å². The zero-order valence-electron chi connectivity index (χ0n) is 33.1. The molecule has 4 N–H and O–H groups in total. The lowest BCUT2D eigenvalue weighted by Crippen LogP contribution is -2.47. The fourth-order valence-corrected chi connectivity index (χ4v) is 5.82. The van der Waals surface area contributed by atoms with Crippen molar-refractivity contribution in [2.75, 3.05) is 13.2 Å². The highest BCUT2D eigenvalue weighted by Gasteiger charge is 2.18. The van der Waals surface area contributed by atoms with Crippen molar-refractivity contribution in [3.63, 3.8) is 0 Å². The molecule has 2 atom stereocenters. The van der Waals surface area contributed by atoms with Gasteiger partial charge in [0.25, 0.3) is 0 Å². The van der Waals surface area contributed by atoms with Gasteiger partial charge in [0.05, 0.1) is 13.2 Å². The van der Waals surface area contributed by atoms with Crippen LogP contribution in [0.25, 0.3) is 0 Å². The molecule has 2 unspecified atom stereocenters. The Morgan fingerprint density at radius 2 is 1.12 bits per heavy atom. The highest BCUT2D eigenvalue weighted by Crippen LogP contribution is 2.15. The van der Waals surface area contributed by atoms with E-state index in [0.29, 0.717) is 12.8 Å². The van der Waals surface area contributed by atoms with Gasteiger partial charge < -0.3 is 25.6 Å². The number of carboxylic acid groups (broad SMARTS) is 1. The lowest BCUT2D eigenvalue weighted by molar-refractivity contribution is -0.147. The number of hydrogen-bond acceptors (Lipinski definition) is 6. The molecule has 2 amide bonds. The van der Waals surface area contributed by atoms with E-state index in [4.69, 9.17) is 14.9 Å². The van der Waals surface area contributed by atoms with Gasteiger partial charge in [-0.15, -0.1) is 0 Å². The van der Waals surface area contributed by atoms with Gasteiger partial charge in [0.15, 0.2) is 0 Å². The number of carbonyl (C=O) groups excluding carboxylic acids is 3. The first-order valence-corrected chi connectivity index (χ1v) is 20.9. The first-order chi connectivity index (χ1) is 25.3. The van der Waals surface area contributed by atoms with Crippen molar-refractivity contribution in [1.82, 2.24) is 10.6 Å². The zero-order chi connectivity index (χ0) is 38.3. The topological polar surface area (TPSA) is 142 Å². The predicted octanol–water partition coefficient (Wildman–Crippen LogP) is 9.82. The summed E-state index contributed by atoms with van der Waals surface area (Å²) < 4.78 is 5.84. The molecule has 0 aromatic carbocycles. The number of rotatable bonds is 37. The summed E-state index contributed by atoms with van der Waals surface area (Å²) in [6.07, 6.45) is 42.2. The maximum Gasteiger partial charge on any atom is 0.328 e. The van der Waals surface area contributed by atoms with Crippen LogP contribution in [0.1, 0.15) is 187 Å². The van der Waals surface area contributed by atoms with Gasteiger partial charge in [0.2, 0.25) is 11.8 Å². The van der Waals surface area contributed by atoms with Gasteiger partial charge in [-0.3, -0.25) is 14.4 Å². The van der Waals surface area contributed by atoms with Gasteiger partial charge in [-0.1, -0.05) is 141 Å². The van der Waals surface area contributed by atoms with E-state index in [0.717, 1.165) is 64.2 Å². The van der Waals surface area contributed by atoms with Crippen molar-refractivity contribution in [3.05, 3.63) is 36.5 Å². The van der Waals surface area contributed by atoms with Crippen LogP contribution in [-0.4, -0.2) is 59.3 Å². The minimum Gasteiger partial charge on any atom is -0.480 e. The second-order valence-electron chi connectivity index (χ2n) is 14.1. The molecule has 0 saturated heterocycles. The first kappa shape index (κ1) is 49.1. The van der Waals surface area contributed by atoms with Crippen molar-refractivity contribution >= 4 is 23.8 Å². The van der Waals surface area contributed by atoms with E-state index < -0.39 is 24.5 Å². The second-order valence-corrected chi connectivity index (χ2v) is 14.1. The van der Waals surface area contributed by atoms with Crippen LogP contribution in [0.2, 0.25) is 0 Å². The molecule has 0 fully saturated rings. The van der Waals surface area contributed by atoms with E-state index in [2.05, 4.69) is 54.9 Å². The number of aliphatic carboxylic acids is 1. The highest BCUT2D eigenvalue weighted by atomic mass is 16.5. The van der Waals surface area contributed by atoms with E-state index in [1.54, 1.807) is 0 Å². The van der Waals surface area contributed by atoms with E-state index in [1.165, 1.54) is 89.9 Å². The molecule has 9 heteroatoms. The summed E-state index contributed by atoms with van der Waals surface area (Å²) in [5.41, 5.74) is 0. The zero-order valence-corrected chi connectivity index (χ0v) is 33.1. The Morgan fingerprint density at radius 1 is 0.596 bits per heavy atom. The maximum atomic E-state index is 12.6. The summed E-state index contributed by atoms with van der Waals surface area (Å²) >= 11 is 0. The molecule has 9 nitrogen and oxygen atoms in total. The molecule has 0 aliphatic rings. The van der Waals surface area contributed by atoms with Gasteiger partial charge in [-0.25, -0.2) is 4.79 Å². The van der Waals surface area contributed by atoms with Crippen LogP contribution in [0.4, 0.5) is 0 Å². The van der Waals surface area contributed by atoms with Crippen LogP contribution >= 0.6 is 0 Å². The number of ether oxygens (including phenoxy) is 1. The van der Waals surface area contributed by atoms with Gasteiger partial charge in [-0.2, -0.15) is 0 Å². The summed E-state index contributed by atoms with van der Waals surface area (Å²) in [6, 6.07) is -1.39. The summed E-state index contributed by atoms with van der Waals surface area (Å²) in [7, 11) is 0.